The van der Waals surface area contributed by atoms with Gasteiger partial charge in [0, 0.05) is 0 Å². The molecule has 0 aliphatic heterocycles. The summed E-state index contributed by atoms with van der Waals surface area (Å²) in [6, 6.07) is 2.57. The van der Waals surface area contributed by atoms with E-state index in [1.54, 1.807) is 6.92 Å². The molecule has 0 bridgehead atoms. The Morgan fingerprint density at radius 2 is 1.76 bits per heavy atom. The number of hydrogen-bond acceptors (Lipinski definition) is 3. The Morgan fingerprint density at radius 3 is 2.12 bits per heavy atom. The van der Waals surface area contributed by atoms with Gasteiger partial charge in [-0.25, -0.2) is 13.6 Å². The molecule has 0 amide bonds. The number of halogens is 2. The summed E-state index contributed by atoms with van der Waals surface area (Å²) in [7, 11) is 0. The van der Waals surface area contributed by atoms with Gasteiger partial charge in [-0.3, -0.25) is 4.98 Å². The second-order valence-corrected chi connectivity index (χ2v) is 3.66. The van der Waals surface area contributed by atoms with Crippen molar-refractivity contribution in [2.45, 2.75) is 33.1 Å². The van der Waals surface area contributed by atoms with Crippen LogP contribution in [0.4, 0.5) is 8.78 Å². The fourth-order valence-electron chi connectivity index (χ4n) is 1.31. The maximum Gasteiger partial charge on any atom is 0.338 e. The molecule has 0 aliphatic carbocycles. The maximum absolute atomic E-state index is 13.2. The molecule has 0 saturated heterocycles. The first kappa shape index (κ1) is 13.5. The highest BCUT2D eigenvalue weighted by molar-refractivity contribution is 5.89. The molecule has 3 nitrogen and oxygen atoms in total. The average molecular weight is 243 g/mol. The lowest BCUT2D eigenvalue weighted by Crippen LogP contribution is -2.08. The van der Waals surface area contributed by atoms with Gasteiger partial charge >= 0.3 is 5.97 Å². The zero-order chi connectivity index (χ0) is 13.0. The first-order chi connectivity index (χ1) is 7.95. The molecule has 0 aromatic carbocycles. The van der Waals surface area contributed by atoms with Crippen LogP contribution in [0.5, 0.6) is 0 Å². The Hall–Kier alpha value is -1.52. The van der Waals surface area contributed by atoms with E-state index in [2.05, 4.69) is 4.98 Å². The molecule has 0 fully saturated rings. The lowest BCUT2D eigenvalue weighted by atomic mass is 10.1. The van der Waals surface area contributed by atoms with Gasteiger partial charge in [-0.1, -0.05) is 0 Å². The molecule has 0 saturated carbocycles. The molecular formula is C12H15F2NO2. The van der Waals surface area contributed by atoms with Crippen LogP contribution in [0.15, 0.2) is 12.1 Å². The number of rotatable bonds is 4. The maximum atomic E-state index is 13.2. The fraction of sp³-hybridized carbons (Fsp3) is 0.500. The monoisotopic (exact) mass is 243 g/mol. The Kier molecular flexibility index (Phi) is 4.54. The van der Waals surface area contributed by atoms with Crippen molar-refractivity contribution in [2.75, 3.05) is 6.61 Å². The van der Waals surface area contributed by atoms with E-state index in [0.717, 1.165) is 0 Å². The van der Waals surface area contributed by atoms with Gasteiger partial charge < -0.3 is 4.74 Å². The van der Waals surface area contributed by atoms with Crippen LogP contribution in [0.1, 0.15) is 54.9 Å². The van der Waals surface area contributed by atoms with Gasteiger partial charge in [0.2, 0.25) is 0 Å². The SMILES string of the molecule is CCOC(=O)c1cc(C(C)F)nc(C(C)F)c1. The number of esters is 1. The van der Waals surface area contributed by atoms with E-state index in [4.69, 9.17) is 4.74 Å². The first-order valence-corrected chi connectivity index (χ1v) is 5.42. The molecule has 1 aromatic rings. The number of nitrogens with zero attached hydrogens (tertiary/aromatic N) is 1. The third-order valence-corrected chi connectivity index (χ3v) is 2.19. The summed E-state index contributed by atoms with van der Waals surface area (Å²) in [6.45, 7) is 4.44. The normalized spacial score (nSPS) is 14.2. The molecule has 0 N–H and O–H groups in total. The molecule has 1 heterocycles. The number of carbonyl (C=O) groups excluding carboxylic acids is 1. The molecular weight excluding hydrogens is 228 g/mol. The van der Waals surface area contributed by atoms with Gasteiger partial charge in [-0.2, -0.15) is 0 Å². The third-order valence-electron chi connectivity index (χ3n) is 2.19. The third kappa shape index (κ3) is 3.47. The molecule has 2 atom stereocenters. The molecule has 0 spiro atoms. The Balaban J connectivity index is 3.16. The van der Waals surface area contributed by atoms with Crippen LogP contribution in [0.25, 0.3) is 0 Å². The van der Waals surface area contributed by atoms with Crippen molar-refractivity contribution >= 4 is 5.97 Å². The molecule has 94 valence electrons. The van der Waals surface area contributed by atoms with Crippen molar-refractivity contribution in [2.24, 2.45) is 0 Å². The number of alkyl halides is 2. The summed E-state index contributed by atoms with van der Waals surface area (Å²) < 4.78 is 31.1. The quantitative estimate of drug-likeness (QED) is 0.761. The van der Waals surface area contributed by atoms with Crippen molar-refractivity contribution in [3.63, 3.8) is 0 Å². The van der Waals surface area contributed by atoms with Gasteiger partial charge in [0.15, 0.2) is 0 Å². The minimum Gasteiger partial charge on any atom is -0.462 e. The fourth-order valence-corrected chi connectivity index (χ4v) is 1.31. The van der Waals surface area contributed by atoms with E-state index in [9.17, 15) is 13.6 Å². The van der Waals surface area contributed by atoms with Crippen LogP contribution in [0.2, 0.25) is 0 Å². The minimum absolute atomic E-state index is 0.0371. The Bertz CT molecular complexity index is 379. The highest BCUT2D eigenvalue weighted by Gasteiger charge is 2.16. The minimum atomic E-state index is -1.36. The largest absolute Gasteiger partial charge is 0.462 e. The van der Waals surface area contributed by atoms with Crippen molar-refractivity contribution in [3.05, 3.63) is 29.1 Å². The lowest BCUT2D eigenvalue weighted by Gasteiger charge is -2.09. The van der Waals surface area contributed by atoms with Crippen LogP contribution in [0, 0.1) is 0 Å². The van der Waals surface area contributed by atoms with Gasteiger partial charge in [0.25, 0.3) is 0 Å². The van der Waals surface area contributed by atoms with Crippen molar-refractivity contribution in [1.82, 2.24) is 4.98 Å². The van der Waals surface area contributed by atoms with Crippen molar-refractivity contribution in [3.8, 4) is 0 Å². The van der Waals surface area contributed by atoms with Gasteiger partial charge in [0.1, 0.15) is 12.3 Å². The van der Waals surface area contributed by atoms with Crippen molar-refractivity contribution < 1.29 is 18.3 Å². The van der Waals surface area contributed by atoms with E-state index in [-0.39, 0.29) is 23.6 Å². The van der Waals surface area contributed by atoms with Crippen LogP contribution < -0.4 is 0 Å². The summed E-state index contributed by atoms with van der Waals surface area (Å²) in [4.78, 5) is 15.3. The van der Waals surface area contributed by atoms with Crippen LogP contribution in [-0.2, 0) is 4.74 Å². The zero-order valence-corrected chi connectivity index (χ0v) is 10.0. The summed E-state index contributed by atoms with van der Waals surface area (Å²) in [6.07, 6.45) is -2.72. The van der Waals surface area contributed by atoms with E-state index in [1.165, 1.54) is 26.0 Å². The topological polar surface area (TPSA) is 39.2 Å². The first-order valence-electron chi connectivity index (χ1n) is 5.42. The highest BCUT2D eigenvalue weighted by atomic mass is 19.1. The van der Waals surface area contributed by atoms with E-state index in [1.807, 2.05) is 0 Å². The molecule has 1 aromatic heterocycles. The Morgan fingerprint density at radius 1 is 1.29 bits per heavy atom. The summed E-state index contributed by atoms with van der Waals surface area (Å²) in [5, 5.41) is 0. The average Bonchev–Trinajstić information content (AvgIpc) is 2.28. The van der Waals surface area contributed by atoms with Crippen molar-refractivity contribution in [1.29, 1.82) is 0 Å². The second-order valence-electron chi connectivity index (χ2n) is 3.66. The molecule has 0 aliphatic rings. The summed E-state index contributed by atoms with van der Waals surface area (Å²) in [5.74, 6) is -0.598. The Labute approximate surface area is 98.8 Å². The molecule has 2 unspecified atom stereocenters. The van der Waals surface area contributed by atoms with E-state index >= 15 is 0 Å². The number of aromatic nitrogens is 1. The highest BCUT2D eigenvalue weighted by Crippen LogP contribution is 2.22. The second kappa shape index (κ2) is 5.70. The molecule has 17 heavy (non-hydrogen) atoms. The van der Waals surface area contributed by atoms with Crippen LogP contribution >= 0.6 is 0 Å². The number of pyridine rings is 1. The summed E-state index contributed by atoms with van der Waals surface area (Å²) >= 11 is 0. The van der Waals surface area contributed by atoms with Crippen LogP contribution in [-0.4, -0.2) is 17.6 Å². The van der Waals surface area contributed by atoms with Crippen LogP contribution in [0.3, 0.4) is 0 Å². The molecule has 5 heteroatoms. The van der Waals surface area contributed by atoms with Gasteiger partial charge in [-0.05, 0) is 32.9 Å². The molecule has 0 radical (unpaired) electrons. The van der Waals surface area contributed by atoms with E-state index < -0.39 is 18.3 Å². The smallest absolute Gasteiger partial charge is 0.338 e. The predicted molar refractivity (Wildman–Crippen MR) is 59.2 cm³/mol. The number of hydrogen-bond donors (Lipinski definition) is 0. The predicted octanol–water partition coefficient (Wildman–Crippen LogP) is 3.32. The number of carbonyl (C=O) groups is 1. The zero-order valence-electron chi connectivity index (χ0n) is 10.0. The lowest BCUT2D eigenvalue weighted by molar-refractivity contribution is 0.0525. The van der Waals surface area contributed by atoms with Gasteiger partial charge in [-0.15, -0.1) is 0 Å². The molecule has 1 rings (SSSR count). The van der Waals surface area contributed by atoms with E-state index in [0.29, 0.717) is 0 Å². The standard InChI is InChI=1S/C12H15F2NO2/c1-4-17-12(16)9-5-10(7(2)13)15-11(6-9)8(3)14/h5-8H,4H2,1-3H3. The number of ether oxygens (including phenoxy) is 1. The summed E-state index contributed by atoms with van der Waals surface area (Å²) in [5.41, 5.74) is 0.200. The van der Waals surface area contributed by atoms with Gasteiger partial charge in [0.05, 0.1) is 23.6 Å².